The minimum atomic E-state index is -0.777. The average molecular weight is 276 g/mol. The minimum absolute atomic E-state index is 0.282. The van der Waals surface area contributed by atoms with E-state index in [4.69, 9.17) is 0 Å². The number of aliphatic carboxylic acids is 1. The van der Waals surface area contributed by atoms with Gasteiger partial charge in [0, 0.05) is 32.2 Å². The lowest BCUT2D eigenvalue weighted by atomic mass is 10.1. The summed E-state index contributed by atoms with van der Waals surface area (Å²) >= 11 is 0. The van der Waals surface area contributed by atoms with E-state index >= 15 is 0 Å². The van der Waals surface area contributed by atoms with Gasteiger partial charge in [0.15, 0.2) is 0 Å². The van der Waals surface area contributed by atoms with E-state index in [1.807, 2.05) is 35.2 Å². The summed E-state index contributed by atoms with van der Waals surface area (Å²) < 4.78 is 0. The number of carbonyl (C=O) groups is 1. The highest BCUT2D eigenvalue weighted by atomic mass is 16.4. The maximum absolute atomic E-state index is 11.5. The fourth-order valence-electron chi connectivity index (χ4n) is 3.33. The predicted molar refractivity (Wildman–Crippen MR) is 74.3 cm³/mol. The van der Waals surface area contributed by atoms with Crippen LogP contribution in [-0.2, 0) is 11.3 Å². The zero-order valence-corrected chi connectivity index (χ0v) is 11.4. The summed E-state index contributed by atoms with van der Waals surface area (Å²) in [5.41, 5.74) is 1.13. The van der Waals surface area contributed by atoms with E-state index in [0.717, 1.165) is 12.0 Å². The first-order chi connectivity index (χ1) is 9.63. The number of aliphatic hydroxyl groups excluding tert-OH is 1. The molecule has 2 aliphatic heterocycles. The van der Waals surface area contributed by atoms with E-state index in [-0.39, 0.29) is 12.1 Å². The normalized spacial score (nSPS) is 31.1. The first kappa shape index (κ1) is 13.5. The summed E-state index contributed by atoms with van der Waals surface area (Å²) in [5, 5.41) is 19.2. The Balaban J connectivity index is 1.75. The van der Waals surface area contributed by atoms with Gasteiger partial charge in [0.1, 0.15) is 6.04 Å². The molecular formula is C15H20N2O3. The van der Waals surface area contributed by atoms with Gasteiger partial charge in [-0.15, -0.1) is 0 Å². The molecule has 20 heavy (non-hydrogen) atoms. The van der Waals surface area contributed by atoms with Crippen LogP contribution in [-0.4, -0.2) is 63.8 Å². The molecule has 0 saturated carbocycles. The van der Waals surface area contributed by atoms with Crippen LogP contribution in [0.5, 0.6) is 0 Å². The SMILES string of the molecule is O=C(O)C1CN2CC(O)C[C@@H]2CN1Cc1ccccc1. The number of carboxylic acids is 1. The van der Waals surface area contributed by atoms with E-state index in [2.05, 4.69) is 4.90 Å². The molecule has 0 radical (unpaired) electrons. The summed E-state index contributed by atoms with van der Waals surface area (Å²) in [6.45, 7) is 2.47. The molecule has 0 spiro atoms. The van der Waals surface area contributed by atoms with Crippen LogP contribution in [0.15, 0.2) is 30.3 Å². The highest BCUT2D eigenvalue weighted by molar-refractivity contribution is 5.74. The lowest BCUT2D eigenvalue weighted by Gasteiger charge is -2.41. The molecule has 1 aromatic carbocycles. The Bertz CT molecular complexity index is 479. The molecule has 5 nitrogen and oxygen atoms in total. The van der Waals surface area contributed by atoms with E-state index in [1.54, 1.807) is 0 Å². The molecular weight excluding hydrogens is 256 g/mol. The molecule has 2 saturated heterocycles. The van der Waals surface area contributed by atoms with Crippen molar-refractivity contribution in [2.24, 2.45) is 0 Å². The van der Waals surface area contributed by atoms with Crippen LogP contribution in [0.2, 0.25) is 0 Å². The predicted octanol–water partition coefficient (Wildman–Crippen LogP) is 0.391. The largest absolute Gasteiger partial charge is 0.480 e. The highest BCUT2D eigenvalue weighted by Gasteiger charge is 2.42. The van der Waals surface area contributed by atoms with Crippen molar-refractivity contribution >= 4 is 5.97 Å². The van der Waals surface area contributed by atoms with Gasteiger partial charge in [-0.2, -0.15) is 0 Å². The molecule has 0 aliphatic carbocycles. The van der Waals surface area contributed by atoms with Crippen LogP contribution in [0.25, 0.3) is 0 Å². The number of hydrogen-bond acceptors (Lipinski definition) is 4. The van der Waals surface area contributed by atoms with Crippen molar-refractivity contribution in [3.8, 4) is 0 Å². The van der Waals surface area contributed by atoms with Gasteiger partial charge in [-0.1, -0.05) is 30.3 Å². The average Bonchev–Trinajstić information content (AvgIpc) is 2.78. The fourth-order valence-corrected chi connectivity index (χ4v) is 3.33. The Morgan fingerprint density at radius 3 is 2.65 bits per heavy atom. The molecule has 2 fully saturated rings. The molecule has 5 heteroatoms. The van der Waals surface area contributed by atoms with Gasteiger partial charge in [0.2, 0.25) is 0 Å². The first-order valence-corrected chi connectivity index (χ1v) is 7.06. The Labute approximate surface area is 118 Å². The standard InChI is InChI=1S/C15H20N2O3/c18-13-6-12-8-17(7-11-4-2-1-3-5-11)14(15(19)20)10-16(12)9-13/h1-5,12-14,18H,6-10H2,(H,19,20)/t12-,13?,14?/m1/s1. The molecule has 3 rings (SSSR count). The lowest BCUT2D eigenvalue weighted by molar-refractivity contribution is -0.147. The van der Waals surface area contributed by atoms with E-state index in [1.165, 1.54) is 0 Å². The van der Waals surface area contributed by atoms with Crippen molar-refractivity contribution < 1.29 is 15.0 Å². The fraction of sp³-hybridized carbons (Fsp3) is 0.533. The highest BCUT2D eigenvalue weighted by Crippen LogP contribution is 2.26. The number of benzene rings is 1. The molecule has 2 unspecified atom stereocenters. The van der Waals surface area contributed by atoms with Crippen molar-refractivity contribution in [3.63, 3.8) is 0 Å². The number of hydrogen-bond donors (Lipinski definition) is 2. The Morgan fingerprint density at radius 1 is 1.20 bits per heavy atom. The van der Waals surface area contributed by atoms with Crippen LogP contribution < -0.4 is 0 Å². The summed E-state index contributed by atoms with van der Waals surface area (Å²) in [7, 11) is 0. The van der Waals surface area contributed by atoms with Crippen molar-refractivity contribution in [2.75, 3.05) is 19.6 Å². The lowest BCUT2D eigenvalue weighted by Crippen LogP contribution is -2.58. The smallest absolute Gasteiger partial charge is 0.322 e. The molecule has 3 atom stereocenters. The molecule has 0 bridgehead atoms. The van der Waals surface area contributed by atoms with Crippen LogP contribution in [0.1, 0.15) is 12.0 Å². The molecule has 108 valence electrons. The zero-order valence-electron chi connectivity index (χ0n) is 11.4. The van der Waals surface area contributed by atoms with Crippen LogP contribution in [0.4, 0.5) is 0 Å². The van der Waals surface area contributed by atoms with Crippen LogP contribution in [0.3, 0.4) is 0 Å². The molecule has 2 heterocycles. The first-order valence-electron chi connectivity index (χ1n) is 7.06. The molecule has 2 aliphatic rings. The second-order valence-corrected chi connectivity index (χ2v) is 5.77. The van der Waals surface area contributed by atoms with Crippen LogP contribution in [0, 0.1) is 0 Å². The number of nitrogens with zero attached hydrogens (tertiary/aromatic N) is 2. The summed E-state index contributed by atoms with van der Waals surface area (Å²) in [6.07, 6.45) is 0.434. The second-order valence-electron chi connectivity index (χ2n) is 5.77. The third-order valence-electron chi connectivity index (χ3n) is 4.31. The Hall–Kier alpha value is -1.43. The van der Waals surface area contributed by atoms with Gasteiger partial charge in [-0.3, -0.25) is 14.6 Å². The van der Waals surface area contributed by atoms with Gasteiger partial charge < -0.3 is 10.2 Å². The van der Waals surface area contributed by atoms with Crippen molar-refractivity contribution in [2.45, 2.75) is 31.2 Å². The summed E-state index contributed by atoms with van der Waals surface area (Å²) in [5.74, 6) is -0.777. The van der Waals surface area contributed by atoms with Crippen molar-refractivity contribution in [1.82, 2.24) is 9.80 Å². The molecule has 0 amide bonds. The third-order valence-corrected chi connectivity index (χ3v) is 4.31. The van der Waals surface area contributed by atoms with Gasteiger partial charge in [0.05, 0.1) is 6.10 Å². The minimum Gasteiger partial charge on any atom is -0.480 e. The monoisotopic (exact) mass is 276 g/mol. The third kappa shape index (κ3) is 2.70. The van der Waals surface area contributed by atoms with E-state index < -0.39 is 12.0 Å². The molecule has 1 aromatic rings. The topological polar surface area (TPSA) is 64.0 Å². The Kier molecular flexibility index (Phi) is 3.74. The Morgan fingerprint density at radius 2 is 1.95 bits per heavy atom. The summed E-state index contributed by atoms with van der Waals surface area (Å²) in [6, 6.07) is 9.75. The zero-order chi connectivity index (χ0) is 14.1. The number of piperazine rings is 1. The number of rotatable bonds is 3. The van der Waals surface area contributed by atoms with Crippen molar-refractivity contribution in [3.05, 3.63) is 35.9 Å². The van der Waals surface area contributed by atoms with E-state index in [0.29, 0.717) is 26.2 Å². The number of carboxylic acid groups (broad SMARTS) is 1. The van der Waals surface area contributed by atoms with Crippen molar-refractivity contribution in [1.29, 1.82) is 0 Å². The van der Waals surface area contributed by atoms with Gasteiger partial charge in [-0.25, -0.2) is 0 Å². The summed E-state index contributed by atoms with van der Waals surface area (Å²) in [4.78, 5) is 15.6. The van der Waals surface area contributed by atoms with Gasteiger partial charge in [-0.05, 0) is 12.0 Å². The molecule has 0 aromatic heterocycles. The van der Waals surface area contributed by atoms with Gasteiger partial charge >= 0.3 is 5.97 Å². The quantitative estimate of drug-likeness (QED) is 0.836. The number of aliphatic hydroxyl groups is 1. The maximum Gasteiger partial charge on any atom is 0.322 e. The van der Waals surface area contributed by atoms with Gasteiger partial charge in [0.25, 0.3) is 0 Å². The van der Waals surface area contributed by atoms with E-state index in [9.17, 15) is 15.0 Å². The number of fused-ring (bicyclic) bond motifs is 1. The molecule has 2 N–H and O–H groups in total. The maximum atomic E-state index is 11.5. The second kappa shape index (κ2) is 5.52. The van der Waals surface area contributed by atoms with Crippen LogP contribution >= 0.6 is 0 Å².